The second-order valence-electron chi connectivity index (χ2n) is 4.07. The summed E-state index contributed by atoms with van der Waals surface area (Å²) in [5.74, 6) is 0.737. The molecular weight excluding hydrogens is 198 g/mol. The van der Waals surface area contributed by atoms with Gasteiger partial charge < -0.3 is 5.73 Å². The van der Waals surface area contributed by atoms with Crippen LogP contribution < -0.4 is 5.73 Å². The van der Waals surface area contributed by atoms with Gasteiger partial charge in [0, 0.05) is 0 Å². The molecule has 0 spiro atoms. The van der Waals surface area contributed by atoms with Crippen molar-refractivity contribution in [2.75, 3.05) is 5.73 Å². The van der Waals surface area contributed by atoms with Gasteiger partial charge in [-0.15, -0.1) is 0 Å². The molecule has 3 nitrogen and oxygen atoms in total. The minimum absolute atomic E-state index is 0.343. The molecule has 0 aliphatic rings. The number of rotatable bonds is 4. The largest absolute Gasteiger partial charge is 0.384 e. The lowest BCUT2D eigenvalue weighted by molar-refractivity contribution is 0.466. The van der Waals surface area contributed by atoms with Crippen LogP contribution in [0.1, 0.15) is 24.9 Å². The highest BCUT2D eigenvalue weighted by Gasteiger charge is 2.07. The molecule has 84 valence electrons. The van der Waals surface area contributed by atoms with Crippen LogP contribution in [0.4, 0.5) is 5.82 Å². The zero-order chi connectivity index (χ0) is 11.4. The van der Waals surface area contributed by atoms with E-state index in [1.54, 1.807) is 6.20 Å². The van der Waals surface area contributed by atoms with E-state index in [2.05, 4.69) is 36.3 Å². The Morgan fingerprint density at radius 2 is 2.00 bits per heavy atom. The molecule has 1 aromatic heterocycles. The molecule has 0 aliphatic carbocycles. The van der Waals surface area contributed by atoms with E-state index in [-0.39, 0.29) is 0 Å². The quantitative estimate of drug-likeness (QED) is 0.852. The SMILES string of the molecule is CC(CCc1ccccc1)n1nccc1N. The number of hydrogen-bond acceptors (Lipinski definition) is 2. The van der Waals surface area contributed by atoms with Crippen molar-refractivity contribution in [3.8, 4) is 0 Å². The Morgan fingerprint density at radius 1 is 1.25 bits per heavy atom. The predicted molar refractivity (Wildman–Crippen MR) is 66.1 cm³/mol. The summed E-state index contributed by atoms with van der Waals surface area (Å²) in [6.45, 7) is 2.15. The Balaban J connectivity index is 1.94. The number of aromatic nitrogens is 2. The van der Waals surface area contributed by atoms with Crippen LogP contribution in [0.5, 0.6) is 0 Å². The topological polar surface area (TPSA) is 43.8 Å². The molecule has 0 bridgehead atoms. The summed E-state index contributed by atoms with van der Waals surface area (Å²) < 4.78 is 1.88. The van der Waals surface area contributed by atoms with Crippen LogP contribution in [-0.2, 0) is 6.42 Å². The van der Waals surface area contributed by atoms with E-state index in [1.807, 2.05) is 16.8 Å². The second-order valence-corrected chi connectivity index (χ2v) is 4.07. The maximum atomic E-state index is 5.81. The van der Waals surface area contributed by atoms with Gasteiger partial charge in [0.05, 0.1) is 12.2 Å². The van der Waals surface area contributed by atoms with Crippen molar-refractivity contribution in [3.63, 3.8) is 0 Å². The average Bonchev–Trinajstić information content (AvgIpc) is 2.74. The van der Waals surface area contributed by atoms with E-state index in [1.165, 1.54) is 5.56 Å². The third kappa shape index (κ3) is 2.42. The molecule has 0 amide bonds. The number of anilines is 1. The van der Waals surface area contributed by atoms with Crippen LogP contribution >= 0.6 is 0 Å². The fraction of sp³-hybridized carbons (Fsp3) is 0.308. The van der Waals surface area contributed by atoms with Crippen molar-refractivity contribution in [1.29, 1.82) is 0 Å². The molecule has 2 aromatic rings. The number of nitrogen functional groups attached to an aromatic ring is 1. The van der Waals surface area contributed by atoms with Gasteiger partial charge in [0.1, 0.15) is 5.82 Å². The van der Waals surface area contributed by atoms with Crippen LogP contribution in [0.25, 0.3) is 0 Å². The summed E-state index contributed by atoms with van der Waals surface area (Å²) in [6.07, 6.45) is 3.85. The molecule has 2 N–H and O–H groups in total. The van der Waals surface area contributed by atoms with Gasteiger partial charge in [0.25, 0.3) is 0 Å². The fourth-order valence-corrected chi connectivity index (χ4v) is 1.84. The van der Waals surface area contributed by atoms with Gasteiger partial charge in [-0.2, -0.15) is 5.10 Å². The van der Waals surface area contributed by atoms with Crippen LogP contribution in [0, 0.1) is 0 Å². The van der Waals surface area contributed by atoms with Crippen molar-refractivity contribution in [3.05, 3.63) is 48.2 Å². The fourth-order valence-electron chi connectivity index (χ4n) is 1.84. The number of hydrogen-bond donors (Lipinski definition) is 1. The highest BCUT2D eigenvalue weighted by Crippen LogP contribution is 2.16. The van der Waals surface area contributed by atoms with Crippen molar-refractivity contribution >= 4 is 5.82 Å². The molecule has 1 aromatic carbocycles. The molecule has 1 heterocycles. The molecule has 1 unspecified atom stereocenters. The average molecular weight is 215 g/mol. The third-order valence-electron chi connectivity index (χ3n) is 2.81. The van der Waals surface area contributed by atoms with Crippen molar-refractivity contribution in [1.82, 2.24) is 9.78 Å². The molecule has 0 saturated carbocycles. The van der Waals surface area contributed by atoms with E-state index < -0.39 is 0 Å². The lowest BCUT2D eigenvalue weighted by Crippen LogP contribution is -2.10. The van der Waals surface area contributed by atoms with Crippen molar-refractivity contribution in [2.45, 2.75) is 25.8 Å². The predicted octanol–water partition coefficient (Wildman–Crippen LogP) is 2.66. The summed E-state index contributed by atoms with van der Waals surface area (Å²) >= 11 is 0. The maximum absolute atomic E-state index is 5.81. The standard InChI is InChI=1S/C13H17N3/c1-11(16-13(14)9-10-15-16)7-8-12-5-3-2-4-6-12/h2-6,9-11H,7-8,14H2,1H3. The van der Waals surface area contributed by atoms with E-state index in [4.69, 9.17) is 5.73 Å². The van der Waals surface area contributed by atoms with Crippen LogP contribution in [0.15, 0.2) is 42.6 Å². The number of nitrogens with two attached hydrogens (primary N) is 1. The van der Waals surface area contributed by atoms with Crippen LogP contribution in [0.2, 0.25) is 0 Å². The van der Waals surface area contributed by atoms with Gasteiger partial charge in [-0.1, -0.05) is 30.3 Å². The Hall–Kier alpha value is -1.77. The summed E-state index contributed by atoms with van der Waals surface area (Å²) in [4.78, 5) is 0. The molecule has 0 fully saturated rings. The zero-order valence-electron chi connectivity index (χ0n) is 9.50. The van der Waals surface area contributed by atoms with Gasteiger partial charge in [0.15, 0.2) is 0 Å². The zero-order valence-corrected chi connectivity index (χ0v) is 9.50. The molecule has 16 heavy (non-hydrogen) atoms. The number of benzene rings is 1. The molecular formula is C13H17N3. The van der Waals surface area contributed by atoms with E-state index >= 15 is 0 Å². The first kappa shape index (κ1) is 10.7. The molecule has 0 saturated heterocycles. The van der Waals surface area contributed by atoms with E-state index in [9.17, 15) is 0 Å². The summed E-state index contributed by atoms with van der Waals surface area (Å²) in [7, 11) is 0. The Labute approximate surface area is 95.9 Å². The van der Waals surface area contributed by atoms with Gasteiger partial charge in [-0.3, -0.25) is 0 Å². The van der Waals surface area contributed by atoms with Crippen molar-refractivity contribution < 1.29 is 0 Å². The normalized spacial score (nSPS) is 12.6. The molecule has 0 aliphatic heterocycles. The highest BCUT2D eigenvalue weighted by molar-refractivity contribution is 5.26. The third-order valence-corrected chi connectivity index (χ3v) is 2.81. The highest BCUT2D eigenvalue weighted by atomic mass is 15.3. The van der Waals surface area contributed by atoms with Gasteiger partial charge in [-0.25, -0.2) is 4.68 Å². The number of aryl methyl sites for hydroxylation is 1. The van der Waals surface area contributed by atoms with Gasteiger partial charge >= 0.3 is 0 Å². The van der Waals surface area contributed by atoms with E-state index in [0.717, 1.165) is 18.7 Å². The lowest BCUT2D eigenvalue weighted by Gasteiger charge is -2.13. The molecule has 2 rings (SSSR count). The molecule has 3 heteroatoms. The monoisotopic (exact) mass is 215 g/mol. The molecule has 0 radical (unpaired) electrons. The second kappa shape index (κ2) is 4.84. The lowest BCUT2D eigenvalue weighted by atomic mass is 10.1. The first-order chi connectivity index (χ1) is 7.77. The Kier molecular flexibility index (Phi) is 3.25. The van der Waals surface area contributed by atoms with Gasteiger partial charge in [-0.05, 0) is 31.4 Å². The summed E-state index contributed by atoms with van der Waals surface area (Å²) in [5.41, 5.74) is 7.17. The van der Waals surface area contributed by atoms with Crippen molar-refractivity contribution in [2.24, 2.45) is 0 Å². The smallest absolute Gasteiger partial charge is 0.121 e. The minimum atomic E-state index is 0.343. The first-order valence-corrected chi connectivity index (χ1v) is 5.60. The summed E-state index contributed by atoms with van der Waals surface area (Å²) in [6, 6.07) is 12.7. The minimum Gasteiger partial charge on any atom is -0.384 e. The summed E-state index contributed by atoms with van der Waals surface area (Å²) in [5, 5.41) is 4.22. The van der Waals surface area contributed by atoms with Crippen LogP contribution in [-0.4, -0.2) is 9.78 Å². The van der Waals surface area contributed by atoms with E-state index in [0.29, 0.717) is 6.04 Å². The van der Waals surface area contributed by atoms with Gasteiger partial charge in [0.2, 0.25) is 0 Å². The Morgan fingerprint density at radius 3 is 2.62 bits per heavy atom. The van der Waals surface area contributed by atoms with Crippen LogP contribution in [0.3, 0.4) is 0 Å². The molecule has 1 atom stereocenters. The first-order valence-electron chi connectivity index (χ1n) is 5.60. The number of nitrogens with zero attached hydrogens (tertiary/aromatic N) is 2. The maximum Gasteiger partial charge on any atom is 0.121 e. The Bertz CT molecular complexity index is 433.